The average Bonchev–Trinajstić information content (AvgIpc) is 2.80. The van der Waals surface area contributed by atoms with Crippen LogP contribution in [-0.2, 0) is 9.53 Å². The van der Waals surface area contributed by atoms with E-state index in [0.717, 1.165) is 56.4 Å². The maximum absolute atomic E-state index is 11.1. The van der Waals surface area contributed by atoms with Crippen molar-refractivity contribution in [2.24, 2.45) is 0 Å². The van der Waals surface area contributed by atoms with E-state index in [1.807, 2.05) is 25.2 Å². The fourth-order valence-corrected chi connectivity index (χ4v) is 2.82. The van der Waals surface area contributed by atoms with Gasteiger partial charge in [-0.15, -0.1) is 0 Å². The number of nitrogens with zero attached hydrogens (tertiary/aromatic N) is 4. The number of nitrogens with two attached hydrogens (primary N) is 1. The van der Waals surface area contributed by atoms with E-state index in [4.69, 9.17) is 19.9 Å². The average molecular weight is 418 g/mol. The molecule has 3 N–H and O–H groups in total. The first kappa shape index (κ1) is 23.2. The lowest BCUT2D eigenvalue weighted by Gasteiger charge is -2.28. The van der Waals surface area contributed by atoms with Gasteiger partial charge in [-0.1, -0.05) is 0 Å². The second-order valence-electron chi connectivity index (χ2n) is 6.37. The fraction of sp³-hybridized carbons (Fsp3) is 0.450. The highest BCUT2D eigenvalue weighted by Crippen LogP contribution is 2.28. The van der Waals surface area contributed by atoms with E-state index < -0.39 is 0 Å². The fourth-order valence-electron chi connectivity index (χ4n) is 2.82. The minimum absolute atomic E-state index is 0.359. The topological polar surface area (TPSA) is 115 Å². The second-order valence-corrected chi connectivity index (χ2v) is 6.37. The van der Waals surface area contributed by atoms with E-state index >= 15 is 0 Å². The van der Waals surface area contributed by atoms with Crippen molar-refractivity contribution in [2.45, 2.75) is 0 Å². The summed E-state index contributed by atoms with van der Waals surface area (Å²) >= 11 is 0. The lowest BCUT2D eigenvalue weighted by Crippen LogP contribution is -2.41. The number of morpholine rings is 1. The summed E-state index contributed by atoms with van der Waals surface area (Å²) in [5, 5.41) is 3.02. The molecule has 0 radical (unpaired) electrons. The number of ether oxygens (including phenoxy) is 3. The number of carbonyl (C=O) groups is 1. The number of benzene rings is 1. The lowest BCUT2D eigenvalue weighted by molar-refractivity contribution is -0.107. The number of aromatic nitrogens is 2. The monoisotopic (exact) mass is 418 g/mol. The van der Waals surface area contributed by atoms with Gasteiger partial charge in [0.15, 0.2) is 0 Å². The predicted octanol–water partition coefficient (Wildman–Crippen LogP) is 1.10. The summed E-state index contributed by atoms with van der Waals surface area (Å²) in [4.78, 5) is 22.7. The molecule has 0 aliphatic carbocycles. The number of carbonyl (C=O) groups excluding carboxylic acids is 1. The van der Waals surface area contributed by atoms with Crippen LogP contribution in [0.4, 0.5) is 17.3 Å². The van der Waals surface area contributed by atoms with Crippen molar-refractivity contribution in [3.05, 3.63) is 30.6 Å². The van der Waals surface area contributed by atoms with Crippen LogP contribution in [0, 0.1) is 0 Å². The van der Waals surface area contributed by atoms with Gasteiger partial charge in [-0.2, -0.15) is 0 Å². The summed E-state index contributed by atoms with van der Waals surface area (Å²) in [6, 6.07) is 7.23. The first-order valence-corrected chi connectivity index (χ1v) is 9.60. The van der Waals surface area contributed by atoms with E-state index in [0.29, 0.717) is 18.2 Å². The standard InChI is InChI=1S/C11H17N5O2.C9H13NO2/c12-10-7-11(14-8-13-10)16(9-17)2-1-15-3-5-18-6-4-15;1-10-8-5-4-7(11-2)6-9(8)12-3/h7-9H,1-6H2,(H2,12,13,14);4-6,10H,1-3H3. The van der Waals surface area contributed by atoms with Crippen molar-refractivity contribution in [1.29, 1.82) is 0 Å². The third kappa shape index (κ3) is 7.05. The first-order valence-electron chi connectivity index (χ1n) is 9.60. The molecular formula is C20H30N6O4. The smallest absolute Gasteiger partial charge is 0.215 e. The van der Waals surface area contributed by atoms with Crippen LogP contribution in [0.3, 0.4) is 0 Å². The molecule has 0 spiro atoms. The maximum atomic E-state index is 11.1. The Bertz CT molecular complexity index is 786. The Hall–Kier alpha value is -3.11. The minimum Gasteiger partial charge on any atom is -0.497 e. The van der Waals surface area contributed by atoms with E-state index in [9.17, 15) is 4.79 Å². The summed E-state index contributed by atoms with van der Waals surface area (Å²) in [6.07, 6.45) is 2.12. The van der Waals surface area contributed by atoms with Crippen LogP contribution in [0.15, 0.2) is 30.6 Å². The van der Waals surface area contributed by atoms with Crippen molar-refractivity contribution >= 4 is 23.7 Å². The number of methoxy groups -OCH3 is 2. The summed E-state index contributed by atoms with van der Waals surface area (Å²) < 4.78 is 15.5. The first-order chi connectivity index (χ1) is 14.6. The van der Waals surface area contributed by atoms with Gasteiger partial charge in [0.2, 0.25) is 6.41 Å². The Morgan fingerprint density at radius 1 is 1.23 bits per heavy atom. The molecule has 0 bridgehead atoms. The Balaban J connectivity index is 0.000000232. The van der Waals surface area contributed by atoms with Gasteiger partial charge in [-0.3, -0.25) is 14.6 Å². The van der Waals surface area contributed by atoms with Crippen molar-refractivity contribution in [3.8, 4) is 11.5 Å². The van der Waals surface area contributed by atoms with Gasteiger partial charge in [0.1, 0.15) is 29.5 Å². The van der Waals surface area contributed by atoms with Crippen LogP contribution in [0.1, 0.15) is 0 Å². The number of amides is 1. The zero-order chi connectivity index (χ0) is 21.8. The van der Waals surface area contributed by atoms with Gasteiger partial charge in [0, 0.05) is 45.4 Å². The number of nitrogens with one attached hydrogen (secondary N) is 1. The van der Waals surface area contributed by atoms with E-state index in [2.05, 4.69) is 20.2 Å². The molecule has 0 atom stereocenters. The largest absolute Gasteiger partial charge is 0.497 e. The molecule has 0 unspecified atom stereocenters. The molecule has 1 saturated heterocycles. The Morgan fingerprint density at radius 2 is 2.00 bits per heavy atom. The molecule has 0 saturated carbocycles. The predicted molar refractivity (Wildman–Crippen MR) is 116 cm³/mol. The zero-order valence-electron chi connectivity index (χ0n) is 17.7. The van der Waals surface area contributed by atoms with Gasteiger partial charge >= 0.3 is 0 Å². The molecule has 3 rings (SSSR count). The molecule has 30 heavy (non-hydrogen) atoms. The van der Waals surface area contributed by atoms with Gasteiger partial charge in [-0.05, 0) is 12.1 Å². The van der Waals surface area contributed by atoms with Crippen LogP contribution in [-0.4, -0.2) is 81.9 Å². The minimum atomic E-state index is 0.359. The van der Waals surface area contributed by atoms with Crippen LogP contribution in [0.2, 0.25) is 0 Å². The third-order valence-electron chi connectivity index (χ3n) is 4.53. The summed E-state index contributed by atoms with van der Waals surface area (Å²) in [5.74, 6) is 2.48. The Morgan fingerprint density at radius 3 is 2.60 bits per heavy atom. The van der Waals surface area contributed by atoms with Gasteiger partial charge in [-0.25, -0.2) is 9.97 Å². The Labute approximate surface area is 176 Å². The van der Waals surface area contributed by atoms with Gasteiger partial charge in [0.25, 0.3) is 0 Å². The van der Waals surface area contributed by atoms with E-state index in [1.165, 1.54) is 11.2 Å². The molecule has 1 aliphatic heterocycles. The van der Waals surface area contributed by atoms with Crippen molar-refractivity contribution in [1.82, 2.24) is 14.9 Å². The normalized spacial score (nSPS) is 13.6. The second kappa shape index (κ2) is 12.5. The highest BCUT2D eigenvalue weighted by Gasteiger charge is 2.13. The molecule has 10 nitrogen and oxygen atoms in total. The third-order valence-corrected chi connectivity index (χ3v) is 4.53. The van der Waals surface area contributed by atoms with Gasteiger partial charge in [0.05, 0.1) is 33.1 Å². The molecule has 2 aromatic rings. The molecular weight excluding hydrogens is 388 g/mol. The van der Waals surface area contributed by atoms with Gasteiger partial charge < -0.3 is 25.3 Å². The summed E-state index contributed by atoms with van der Waals surface area (Å²) in [7, 11) is 5.12. The molecule has 1 aliphatic rings. The number of hydrogen-bond acceptors (Lipinski definition) is 9. The van der Waals surface area contributed by atoms with Crippen molar-refractivity contribution < 1.29 is 19.0 Å². The number of nitrogen functional groups attached to an aromatic ring is 1. The maximum Gasteiger partial charge on any atom is 0.215 e. The van der Waals surface area contributed by atoms with Crippen molar-refractivity contribution in [2.75, 3.05) is 76.6 Å². The number of anilines is 3. The summed E-state index contributed by atoms with van der Waals surface area (Å²) in [6.45, 7) is 4.69. The van der Waals surface area contributed by atoms with Crippen molar-refractivity contribution in [3.63, 3.8) is 0 Å². The molecule has 10 heteroatoms. The lowest BCUT2D eigenvalue weighted by atomic mass is 10.3. The Kier molecular flexibility index (Phi) is 9.62. The SMILES string of the molecule is CNc1ccc(OC)cc1OC.Nc1cc(N(C=O)CCN2CCOCC2)ncn1. The number of rotatable bonds is 8. The molecule has 1 fully saturated rings. The molecule has 1 amide bonds. The highest BCUT2D eigenvalue weighted by atomic mass is 16.5. The van der Waals surface area contributed by atoms with Crippen LogP contribution in [0.25, 0.3) is 0 Å². The van der Waals surface area contributed by atoms with Crippen LogP contribution < -0.4 is 25.4 Å². The molecule has 164 valence electrons. The highest BCUT2D eigenvalue weighted by molar-refractivity contribution is 5.73. The van der Waals surface area contributed by atoms with E-state index in [1.54, 1.807) is 20.3 Å². The zero-order valence-corrected chi connectivity index (χ0v) is 17.7. The van der Waals surface area contributed by atoms with Crippen LogP contribution >= 0.6 is 0 Å². The van der Waals surface area contributed by atoms with E-state index in [-0.39, 0.29) is 0 Å². The molecule has 1 aromatic heterocycles. The van der Waals surface area contributed by atoms with Crippen LogP contribution in [0.5, 0.6) is 11.5 Å². The molecule has 2 heterocycles. The quantitative estimate of drug-likeness (QED) is 0.608. The number of hydrogen-bond donors (Lipinski definition) is 2. The summed E-state index contributed by atoms with van der Waals surface area (Å²) in [5.41, 5.74) is 6.53. The molecule has 1 aromatic carbocycles.